The number of non-ortho nitro benzene ring substituents is 1. The lowest BCUT2D eigenvalue weighted by atomic mass is 10.2. The number of aromatic nitrogens is 2. The Kier molecular flexibility index (Phi) is 3.27. The Hall–Kier alpha value is -2.71. The molecule has 2 aromatic rings. The third kappa shape index (κ3) is 2.59. The molecule has 19 heavy (non-hydrogen) atoms. The van der Waals surface area contributed by atoms with E-state index in [1.165, 1.54) is 6.20 Å². The first kappa shape index (κ1) is 12.7. The first-order chi connectivity index (χ1) is 8.99. The van der Waals surface area contributed by atoms with E-state index in [-0.39, 0.29) is 12.4 Å². The summed E-state index contributed by atoms with van der Waals surface area (Å²) in [6.07, 6.45) is 1.41. The van der Waals surface area contributed by atoms with Gasteiger partial charge in [-0.05, 0) is 0 Å². The van der Waals surface area contributed by atoms with E-state index in [4.69, 9.17) is 5.73 Å². The average Bonchev–Trinajstić information content (AvgIpc) is 2.73. The SMILES string of the molecule is Nc1[nH]ncc1CNc1c(F)cc([N+](=O)[O-])cc1F. The molecule has 0 spiro atoms. The fraction of sp³-hybridized carbons (Fsp3) is 0.100. The Morgan fingerprint density at radius 2 is 2.05 bits per heavy atom. The summed E-state index contributed by atoms with van der Waals surface area (Å²) in [4.78, 5) is 9.56. The Balaban J connectivity index is 2.21. The van der Waals surface area contributed by atoms with Crippen molar-refractivity contribution in [2.24, 2.45) is 0 Å². The van der Waals surface area contributed by atoms with Gasteiger partial charge >= 0.3 is 0 Å². The lowest BCUT2D eigenvalue weighted by Crippen LogP contribution is -2.06. The van der Waals surface area contributed by atoms with Crippen LogP contribution >= 0.6 is 0 Å². The van der Waals surface area contributed by atoms with Crippen LogP contribution in [0.3, 0.4) is 0 Å². The summed E-state index contributed by atoms with van der Waals surface area (Å²) < 4.78 is 27.1. The van der Waals surface area contributed by atoms with Crippen LogP contribution in [0.1, 0.15) is 5.56 Å². The minimum absolute atomic E-state index is 0.0357. The van der Waals surface area contributed by atoms with Gasteiger partial charge in [-0.25, -0.2) is 8.78 Å². The van der Waals surface area contributed by atoms with Gasteiger partial charge in [0.25, 0.3) is 5.69 Å². The van der Waals surface area contributed by atoms with E-state index in [1.807, 2.05) is 0 Å². The summed E-state index contributed by atoms with van der Waals surface area (Å²) >= 11 is 0. The van der Waals surface area contributed by atoms with Crippen LogP contribution in [0.25, 0.3) is 0 Å². The molecule has 1 heterocycles. The van der Waals surface area contributed by atoms with Crippen LogP contribution in [0, 0.1) is 21.7 Å². The second-order valence-electron chi connectivity index (χ2n) is 3.70. The van der Waals surface area contributed by atoms with E-state index in [0.29, 0.717) is 17.7 Å². The maximum Gasteiger partial charge on any atom is 0.275 e. The third-order valence-corrected chi connectivity index (χ3v) is 2.44. The normalized spacial score (nSPS) is 10.4. The van der Waals surface area contributed by atoms with Crippen molar-refractivity contribution < 1.29 is 13.7 Å². The summed E-state index contributed by atoms with van der Waals surface area (Å²) in [5.41, 5.74) is 4.93. The van der Waals surface area contributed by atoms with E-state index < -0.39 is 27.9 Å². The molecule has 0 aliphatic carbocycles. The topological polar surface area (TPSA) is 110 Å². The van der Waals surface area contributed by atoms with Gasteiger partial charge in [0.15, 0.2) is 11.6 Å². The number of hydrogen-bond donors (Lipinski definition) is 3. The molecule has 100 valence electrons. The molecule has 2 rings (SSSR count). The van der Waals surface area contributed by atoms with Crippen LogP contribution in [0.5, 0.6) is 0 Å². The highest BCUT2D eigenvalue weighted by Gasteiger charge is 2.17. The number of aromatic amines is 1. The number of benzene rings is 1. The van der Waals surface area contributed by atoms with Crippen molar-refractivity contribution >= 4 is 17.2 Å². The molecule has 0 aliphatic heterocycles. The molecule has 0 fully saturated rings. The molecule has 0 amide bonds. The van der Waals surface area contributed by atoms with E-state index in [9.17, 15) is 18.9 Å². The Morgan fingerprint density at radius 3 is 2.53 bits per heavy atom. The second-order valence-corrected chi connectivity index (χ2v) is 3.70. The molecule has 0 atom stereocenters. The molecule has 0 bridgehead atoms. The molecule has 1 aromatic heterocycles. The van der Waals surface area contributed by atoms with Gasteiger partial charge in [0.2, 0.25) is 0 Å². The number of nitrogen functional groups attached to an aromatic ring is 1. The van der Waals surface area contributed by atoms with E-state index in [1.54, 1.807) is 0 Å². The maximum absolute atomic E-state index is 13.5. The van der Waals surface area contributed by atoms with Crippen molar-refractivity contribution in [3.8, 4) is 0 Å². The van der Waals surface area contributed by atoms with Crippen molar-refractivity contribution in [2.45, 2.75) is 6.54 Å². The molecule has 9 heteroatoms. The highest BCUT2D eigenvalue weighted by Crippen LogP contribution is 2.25. The summed E-state index contributed by atoms with van der Waals surface area (Å²) in [5.74, 6) is -1.82. The molecule has 4 N–H and O–H groups in total. The molecule has 0 unspecified atom stereocenters. The minimum Gasteiger partial charge on any atom is -0.384 e. The van der Waals surface area contributed by atoms with Gasteiger partial charge in [-0.3, -0.25) is 15.2 Å². The van der Waals surface area contributed by atoms with E-state index >= 15 is 0 Å². The van der Waals surface area contributed by atoms with Crippen molar-refractivity contribution in [1.82, 2.24) is 10.2 Å². The molecule has 7 nitrogen and oxygen atoms in total. The van der Waals surface area contributed by atoms with Gasteiger partial charge in [-0.1, -0.05) is 0 Å². The van der Waals surface area contributed by atoms with Crippen LogP contribution in [-0.2, 0) is 6.54 Å². The van der Waals surface area contributed by atoms with Gasteiger partial charge in [0.1, 0.15) is 11.5 Å². The molecule has 1 aromatic carbocycles. The molecular weight excluding hydrogens is 260 g/mol. The number of H-pyrrole nitrogens is 1. The van der Waals surface area contributed by atoms with Crippen molar-refractivity contribution in [3.63, 3.8) is 0 Å². The fourth-order valence-corrected chi connectivity index (χ4v) is 1.48. The van der Waals surface area contributed by atoms with Gasteiger partial charge in [0.05, 0.1) is 23.3 Å². The number of anilines is 2. The third-order valence-electron chi connectivity index (χ3n) is 2.44. The summed E-state index contributed by atoms with van der Waals surface area (Å²) in [7, 11) is 0. The number of halogens is 2. The number of nitrogens with two attached hydrogens (primary N) is 1. The predicted molar refractivity (Wildman–Crippen MR) is 63.3 cm³/mol. The van der Waals surface area contributed by atoms with Crippen LogP contribution in [-0.4, -0.2) is 15.1 Å². The number of nitrogens with zero attached hydrogens (tertiary/aromatic N) is 2. The highest BCUT2D eigenvalue weighted by atomic mass is 19.1. The lowest BCUT2D eigenvalue weighted by Gasteiger charge is -2.08. The first-order valence-corrected chi connectivity index (χ1v) is 5.14. The van der Waals surface area contributed by atoms with Gasteiger partial charge in [-0.2, -0.15) is 5.10 Å². The molecule has 0 saturated carbocycles. The zero-order valence-electron chi connectivity index (χ0n) is 9.48. The fourth-order valence-electron chi connectivity index (χ4n) is 1.48. The second kappa shape index (κ2) is 4.88. The highest BCUT2D eigenvalue weighted by molar-refractivity contribution is 5.52. The number of hydrogen-bond acceptors (Lipinski definition) is 5. The molecular formula is C10H9F2N5O2. The van der Waals surface area contributed by atoms with Gasteiger partial charge < -0.3 is 11.1 Å². The van der Waals surface area contributed by atoms with Gasteiger partial charge in [-0.15, -0.1) is 0 Å². The smallest absolute Gasteiger partial charge is 0.275 e. The van der Waals surface area contributed by atoms with E-state index in [2.05, 4.69) is 15.5 Å². The standard InChI is InChI=1S/C10H9F2N5O2/c11-7-1-6(17(18)19)2-8(12)9(7)14-3-5-4-15-16-10(5)13/h1-2,4,14H,3H2,(H3,13,15,16). The van der Waals surface area contributed by atoms with Crippen molar-refractivity contribution in [3.05, 3.63) is 45.6 Å². The molecule has 0 aliphatic rings. The van der Waals surface area contributed by atoms with Crippen LogP contribution in [0.4, 0.5) is 26.0 Å². The molecule has 0 saturated heterocycles. The Labute approximate surface area is 105 Å². The summed E-state index contributed by atoms with van der Waals surface area (Å²) in [5, 5.41) is 19.0. The largest absolute Gasteiger partial charge is 0.384 e. The van der Waals surface area contributed by atoms with Crippen molar-refractivity contribution in [2.75, 3.05) is 11.1 Å². The maximum atomic E-state index is 13.5. The number of rotatable bonds is 4. The van der Waals surface area contributed by atoms with Gasteiger partial charge in [0, 0.05) is 12.1 Å². The monoisotopic (exact) mass is 269 g/mol. The zero-order valence-corrected chi connectivity index (χ0v) is 9.48. The van der Waals surface area contributed by atoms with Crippen LogP contribution in [0.2, 0.25) is 0 Å². The van der Waals surface area contributed by atoms with Crippen molar-refractivity contribution in [1.29, 1.82) is 0 Å². The Morgan fingerprint density at radius 1 is 1.42 bits per heavy atom. The minimum atomic E-state index is -1.05. The number of nitro benzene ring substituents is 1. The van der Waals surface area contributed by atoms with E-state index in [0.717, 1.165) is 0 Å². The average molecular weight is 269 g/mol. The zero-order chi connectivity index (χ0) is 14.0. The predicted octanol–water partition coefficient (Wildman–Crippen LogP) is 1.79. The summed E-state index contributed by atoms with van der Waals surface area (Å²) in [6.45, 7) is 0.0357. The lowest BCUT2D eigenvalue weighted by molar-refractivity contribution is -0.385. The molecule has 0 radical (unpaired) electrons. The van der Waals surface area contributed by atoms with Crippen LogP contribution in [0.15, 0.2) is 18.3 Å². The quantitative estimate of drug-likeness (QED) is 0.579. The summed E-state index contributed by atoms with van der Waals surface area (Å²) in [6, 6.07) is 1.29. The number of nitrogens with one attached hydrogen (secondary N) is 2. The first-order valence-electron chi connectivity index (χ1n) is 5.14. The Bertz CT molecular complexity index is 605. The number of nitro groups is 1. The van der Waals surface area contributed by atoms with Crippen LogP contribution < -0.4 is 11.1 Å².